The van der Waals surface area contributed by atoms with Crippen LogP contribution in [0.5, 0.6) is 0 Å². The number of rotatable bonds is 3. The highest BCUT2D eigenvalue weighted by molar-refractivity contribution is 7.80. The van der Waals surface area contributed by atoms with Gasteiger partial charge in [0.1, 0.15) is 5.52 Å². The number of carbonyl (C=O) groups excluding carboxylic acids is 1. The molecule has 0 atom stereocenters. The predicted molar refractivity (Wildman–Crippen MR) is 132 cm³/mol. The average molecular weight is 438 g/mol. The summed E-state index contributed by atoms with van der Waals surface area (Å²) >= 11 is 5.32. The maximum absolute atomic E-state index is 12.6. The van der Waals surface area contributed by atoms with Gasteiger partial charge in [-0.3, -0.25) is 10.1 Å². The van der Waals surface area contributed by atoms with E-state index in [-0.39, 0.29) is 11.0 Å². The van der Waals surface area contributed by atoms with E-state index in [1.54, 1.807) is 6.07 Å². The number of thiocarbonyl (C=S) groups is 1. The van der Waals surface area contributed by atoms with E-state index in [4.69, 9.17) is 16.6 Å². The van der Waals surface area contributed by atoms with Crippen molar-refractivity contribution in [3.63, 3.8) is 0 Å². The number of aryl methyl sites for hydroxylation is 1. The zero-order valence-corrected chi connectivity index (χ0v) is 18.1. The minimum Gasteiger partial charge on any atom is -0.436 e. The molecule has 6 heteroatoms. The maximum Gasteiger partial charge on any atom is 0.257 e. The van der Waals surface area contributed by atoms with Crippen LogP contribution >= 0.6 is 12.2 Å². The minimum atomic E-state index is -0.258. The fourth-order valence-electron chi connectivity index (χ4n) is 3.52. The molecule has 1 heterocycles. The summed E-state index contributed by atoms with van der Waals surface area (Å²) in [5, 5.41) is 8.09. The molecule has 0 fully saturated rings. The van der Waals surface area contributed by atoms with Crippen molar-refractivity contribution in [1.29, 1.82) is 0 Å². The fourth-order valence-corrected chi connectivity index (χ4v) is 3.73. The number of hydrogen-bond donors (Lipinski definition) is 2. The lowest BCUT2D eigenvalue weighted by atomic mass is 10.1. The van der Waals surface area contributed by atoms with Gasteiger partial charge in [0.2, 0.25) is 5.89 Å². The largest absolute Gasteiger partial charge is 0.436 e. The van der Waals surface area contributed by atoms with Crippen LogP contribution in [0.3, 0.4) is 0 Å². The number of nitrogens with one attached hydrogen (secondary N) is 2. The van der Waals surface area contributed by atoms with Gasteiger partial charge in [0.25, 0.3) is 5.91 Å². The molecule has 0 saturated heterocycles. The molecular formula is C26H19N3O2S. The van der Waals surface area contributed by atoms with Crippen LogP contribution in [0.4, 0.5) is 5.69 Å². The highest BCUT2D eigenvalue weighted by Crippen LogP contribution is 2.26. The second kappa shape index (κ2) is 8.24. The normalized spacial score (nSPS) is 10.9. The number of nitrogens with zero attached hydrogens (tertiary/aromatic N) is 1. The van der Waals surface area contributed by atoms with Gasteiger partial charge in [-0.05, 0) is 84.0 Å². The number of oxazole rings is 1. The molecule has 32 heavy (non-hydrogen) atoms. The van der Waals surface area contributed by atoms with Gasteiger partial charge in [-0.1, -0.05) is 36.4 Å². The zero-order valence-electron chi connectivity index (χ0n) is 17.3. The van der Waals surface area contributed by atoms with E-state index in [1.807, 2.05) is 85.8 Å². The smallest absolute Gasteiger partial charge is 0.257 e. The van der Waals surface area contributed by atoms with Gasteiger partial charge in [0.05, 0.1) is 0 Å². The molecule has 5 nitrogen and oxygen atoms in total. The van der Waals surface area contributed by atoms with E-state index in [1.165, 1.54) is 0 Å². The number of benzene rings is 4. The number of aromatic nitrogens is 1. The van der Waals surface area contributed by atoms with Crippen LogP contribution < -0.4 is 10.6 Å². The lowest BCUT2D eigenvalue weighted by molar-refractivity contribution is 0.0978. The molecule has 0 spiro atoms. The first kappa shape index (κ1) is 19.9. The lowest BCUT2D eigenvalue weighted by Crippen LogP contribution is -2.34. The molecule has 0 unspecified atom stereocenters. The summed E-state index contributed by atoms with van der Waals surface area (Å²) in [5.41, 5.74) is 4.87. The summed E-state index contributed by atoms with van der Waals surface area (Å²) in [4.78, 5) is 17.1. The maximum atomic E-state index is 12.6. The Morgan fingerprint density at radius 2 is 1.69 bits per heavy atom. The fraction of sp³-hybridized carbons (Fsp3) is 0.0385. The number of hydrogen-bond acceptors (Lipinski definition) is 4. The third-order valence-electron chi connectivity index (χ3n) is 5.17. The highest BCUT2D eigenvalue weighted by Gasteiger charge is 2.11. The molecule has 1 amide bonds. The lowest BCUT2D eigenvalue weighted by Gasteiger charge is -2.10. The summed E-state index contributed by atoms with van der Waals surface area (Å²) < 4.78 is 5.87. The minimum absolute atomic E-state index is 0.230. The van der Waals surface area contributed by atoms with E-state index in [2.05, 4.69) is 15.6 Å². The number of carbonyl (C=O) groups is 1. The van der Waals surface area contributed by atoms with E-state index < -0.39 is 0 Å². The Morgan fingerprint density at radius 1 is 0.906 bits per heavy atom. The summed E-state index contributed by atoms with van der Waals surface area (Å²) in [5.74, 6) is 0.302. The molecule has 0 radical (unpaired) electrons. The van der Waals surface area contributed by atoms with E-state index in [9.17, 15) is 4.79 Å². The quantitative estimate of drug-likeness (QED) is 0.335. The van der Waals surface area contributed by atoms with Crippen molar-refractivity contribution in [2.75, 3.05) is 5.32 Å². The molecule has 0 aliphatic rings. The Bertz CT molecular complexity index is 1470. The van der Waals surface area contributed by atoms with Crippen LogP contribution in [0, 0.1) is 6.92 Å². The standard InChI is InChI=1S/C26H19N3O2S/c1-16-6-13-22-23(14-16)31-25(28-22)18-9-11-21(12-10-18)27-26(32)29-24(30)20-8-7-17-4-2-3-5-19(17)15-20/h2-15H,1H3,(H2,27,29,30,32). The van der Waals surface area contributed by atoms with Crippen molar-refractivity contribution < 1.29 is 9.21 Å². The first-order valence-electron chi connectivity index (χ1n) is 10.1. The Labute approximate surface area is 190 Å². The van der Waals surface area contributed by atoms with Crippen molar-refractivity contribution in [3.05, 3.63) is 96.1 Å². The molecule has 4 aromatic carbocycles. The second-order valence-corrected chi connectivity index (χ2v) is 7.95. The van der Waals surface area contributed by atoms with Crippen LogP contribution in [-0.2, 0) is 0 Å². The summed E-state index contributed by atoms with van der Waals surface area (Å²) in [6.45, 7) is 2.02. The summed E-state index contributed by atoms with van der Waals surface area (Å²) in [6.07, 6.45) is 0. The molecule has 5 rings (SSSR count). The summed E-state index contributed by atoms with van der Waals surface area (Å²) in [7, 11) is 0. The molecule has 1 aromatic heterocycles. The van der Waals surface area contributed by atoms with Crippen molar-refractivity contribution in [2.24, 2.45) is 0 Å². The first-order chi connectivity index (χ1) is 15.5. The van der Waals surface area contributed by atoms with Crippen molar-refractivity contribution in [2.45, 2.75) is 6.92 Å². The molecule has 0 aliphatic heterocycles. The first-order valence-corrected chi connectivity index (χ1v) is 10.5. The average Bonchev–Trinajstić information content (AvgIpc) is 3.22. The monoisotopic (exact) mass is 437 g/mol. The molecule has 156 valence electrons. The van der Waals surface area contributed by atoms with Gasteiger partial charge in [0.15, 0.2) is 10.7 Å². The number of fused-ring (bicyclic) bond motifs is 2. The van der Waals surface area contributed by atoms with Crippen LogP contribution in [0.2, 0.25) is 0 Å². The van der Waals surface area contributed by atoms with Crippen LogP contribution in [-0.4, -0.2) is 16.0 Å². The van der Waals surface area contributed by atoms with Gasteiger partial charge < -0.3 is 9.73 Å². The third kappa shape index (κ3) is 4.08. The number of amides is 1. The van der Waals surface area contributed by atoms with Gasteiger partial charge in [-0.15, -0.1) is 0 Å². The van der Waals surface area contributed by atoms with Gasteiger partial charge in [-0.25, -0.2) is 4.98 Å². The Kier molecular flexibility index (Phi) is 5.13. The van der Waals surface area contributed by atoms with Crippen LogP contribution in [0.25, 0.3) is 33.3 Å². The topological polar surface area (TPSA) is 67.2 Å². The summed E-state index contributed by atoms with van der Waals surface area (Å²) in [6, 6.07) is 26.9. The molecule has 0 bridgehead atoms. The molecular weight excluding hydrogens is 418 g/mol. The SMILES string of the molecule is Cc1ccc2nc(-c3ccc(NC(=S)NC(=O)c4ccc5ccccc5c4)cc3)oc2c1. The van der Waals surface area contributed by atoms with Crippen LogP contribution in [0.1, 0.15) is 15.9 Å². The highest BCUT2D eigenvalue weighted by atomic mass is 32.1. The predicted octanol–water partition coefficient (Wildman–Crippen LogP) is 6.08. The Balaban J connectivity index is 1.26. The van der Waals surface area contributed by atoms with E-state index >= 15 is 0 Å². The van der Waals surface area contributed by atoms with Gasteiger partial charge >= 0.3 is 0 Å². The number of anilines is 1. The third-order valence-corrected chi connectivity index (χ3v) is 5.38. The Morgan fingerprint density at radius 3 is 2.50 bits per heavy atom. The van der Waals surface area contributed by atoms with Gasteiger partial charge in [0, 0.05) is 16.8 Å². The molecule has 0 saturated carbocycles. The van der Waals surface area contributed by atoms with Crippen LogP contribution in [0.15, 0.2) is 89.3 Å². The second-order valence-electron chi connectivity index (χ2n) is 7.54. The Hall–Kier alpha value is -4.03. The molecule has 0 aliphatic carbocycles. The van der Waals surface area contributed by atoms with Crippen molar-refractivity contribution in [1.82, 2.24) is 10.3 Å². The van der Waals surface area contributed by atoms with Crippen molar-refractivity contribution >= 4 is 50.8 Å². The van der Waals surface area contributed by atoms with E-state index in [0.29, 0.717) is 11.5 Å². The van der Waals surface area contributed by atoms with Crippen molar-refractivity contribution in [3.8, 4) is 11.5 Å². The van der Waals surface area contributed by atoms with Gasteiger partial charge in [-0.2, -0.15) is 0 Å². The molecule has 5 aromatic rings. The zero-order chi connectivity index (χ0) is 22.1. The van der Waals surface area contributed by atoms with E-state index in [0.717, 1.165) is 38.7 Å². The molecule has 2 N–H and O–H groups in total.